The van der Waals surface area contributed by atoms with Gasteiger partial charge in [-0.15, -0.1) is 23.2 Å². The summed E-state index contributed by atoms with van der Waals surface area (Å²) < 4.78 is 21.3. The molecule has 15 heavy (non-hydrogen) atoms. The molecule has 0 spiro atoms. The smallest absolute Gasteiger partial charge is 0.186 e. The minimum Gasteiger partial charge on any atom is -0.377 e. The van der Waals surface area contributed by atoms with Crippen molar-refractivity contribution in [3.05, 3.63) is 0 Å². The van der Waals surface area contributed by atoms with Crippen molar-refractivity contribution in [1.82, 2.24) is 0 Å². The van der Waals surface area contributed by atoms with Gasteiger partial charge in [-0.2, -0.15) is 0 Å². The molecule has 0 bridgehead atoms. The van der Waals surface area contributed by atoms with Crippen molar-refractivity contribution >= 4 is 23.2 Å². The van der Waals surface area contributed by atoms with Crippen molar-refractivity contribution in [3.63, 3.8) is 0 Å². The molecule has 1 aliphatic heterocycles. The summed E-state index contributed by atoms with van der Waals surface area (Å²) in [5.74, 6) is 0.296. The topological polar surface area (TPSA) is 36.9 Å². The molecule has 1 rings (SSSR count). The van der Waals surface area contributed by atoms with Crippen molar-refractivity contribution in [2.45, 2.75) is 30.0 Å². The summed E-state index contributed by atoms with van der Waals surface area (Å²) in [6.07, 6.45) is -1.44. The minimum absolute atomic E-state index is 0.292. The molecule has 5 atom stereocenters. The van der Waals surface area contributed by atoms with E-state index < -0.39 is 6.29 Å². The highest BCUT2D eigenvalue weighted by molar-refractivity contribution is 6.23. The molecule has 0 saturated carbocycles. The molecule has 1 aliphatic rings. The van der Waals surface area contributed by atoms with Crippen molar-refractivity contribution in [1.29, 1.82) is 0 Å². The molecular formula is C9H16Cl2O4. The molecule has 1 heterocycles. The normalized spacial score (nSPS) is 41.8. The molecule has 0 radical (unpaired) electrons. The van der Waals surface area contributed by atoms with Crippen LogP contribution in [0.25, 0.3) is 0 Å². The second-order valence-corrected chi connectivity index (χ2v) is 4.09. The van der Waals surface area contributed by atoms with Gasteiger partial charge in [0.15, 0.2) is 6.29 Å². The van der Waals surface area contributed by atoms with Crippen LogP contribution in [0.15, 0.2) is 0 Å². The zero-order chi connectivity index (χ0) is 11.4. The van der Waals surface area contributed by atoms with Gasteiger partial charge in [0.25, 0.3) is 0 Å². The van der Waals surface area contributed by atoms with E-state index in [0.29, 0.717) is 5.88 Å². The number of halogens is 2. The second kappa shape index (κ2) is 6.23. The van der Waals surface area contributed by atoms with Gasteiger partial charge in [-0.25, -0.2) is 0 Å². The zero-order valence-corrected chi connectivity index (χ0v) is 10.5. The molecule has 1 fully saturated rings. The molecule has 90 valence electrons. The number of rotatable bonds is 4. The van der Waals surface area contributed by atoms with Crippen LogP contribution in [-0.4, -0.2) is 57.2 Å². The summed E-state index contributed by atoms with van der Waals surface area (Å²) in [5, 5.41) is -0.344. The SMILES string of the molecule is CO[C@@H]1O[C@H](CCl)[C@H](Cl)[C@H](OC)[C@@H]1OC. The van der Waals surface area contributed by atoms with E-state index in [9.17, 15) is 0 Å². The molecule has 1 saturated heterocycles. The van der Waals surface area contributed by atoms with E-state index in [1.54, 1.807) is 21.3 Å². The monoisotopic (exact) mass is 258 g/mol. The highest BCUT2D eigenvalue weighted by atomic mass is 35.5. The Morgan fingerprint density at radius 3 is 2.07 bits per heavy atom. The molecule has 0 unspecified atom stereocenters. The van der Waals surface area contributed by atoms with Gasteiger partial charge in [0.1, 0.15) is 12.2 Å². The van der Waals surface area contributed by atoms with Crippen LogP contribution >= 0.6 is 23.2 Å². The fourth-order valence-corrected chi connectivity index (χ4v) is 2.44. The second-order valence-electron chi connectivity index (χ2n) is 3.28. The van der Waals surface area contributed by atoms with Crippen LogP contribution in [0.2, 0.25) is 0 Å². The maximum atomic E-state index is 6.17. The van der Waals surface area contributed by atoms with Crippen LogP contribution in [0, 0.1) is 0 Å². The quantitative estimate of drug-likeness (QED) is 0.712. The van der Waals surface area contributed by atoms with Gasteiger partial charge in [-0.3, -0.25) is 0 Å². The molecule has 0 amide bonds. The molecular weight excluding hydrogens is 243 g/mol. The third kappa shape index (κ3) is 2.75. The Hall–Kier alpha value is 0.420. The van der Waals surface area contributed by atoms with Gasteiger partial charge in [0.05, 0.1) is 17.4 Å². The standard InChI is InChI=1S/C9H16Cl2O4/c1-12-7-6(11)5(4-10)15-9(14-3)8(7)13-2/h5-9H,4H2,1-3H3/t5-,6+,7+,8+,9-/m1/s1. The predicted octanol–water partition coefficient (Wildman–Crippen LogP) is 1.23. The number of methoxy groups -OCH3 is 3. The third-order valence-corrected chi connectivity index (χ3v) is 3.33. The fourth-order valence-electron chi connectivity index (χ4n) is 1.69. The van der Waals surface area contributed by atoms with Crippen LogP contribution < -0.4 is 0 Å². The Balaban J connectivity index is 2.78. The van der Waals surface area contributed by atoms with Gasteiger partial charge in [-0.1, -0.05) is 0 Å². The lowest BCUT2D eigenvalue weighted by molar-refractivity contribution is -0.261. The lowest BCUT2D eigenvalue weighted by atomic mass is 10.0. The first-order chi connectivity index (χ1) is 7.19. The lowest BCUT2D eigenvalue weighted by Crippen LogP contribution is -2.57. The average molecular weight is 259 g/mol. The summed E-state index contributed by atoms with van der Waals surface area (Å²) in [4.78, 5) is 0. The average Bonchev–Trinajstić information content (AvgIpc) is 2.28. The van der Waals surface area contributed by atoms with E-state index in [-0.39, 0.29) is 23.7 Å². The Bertz CT molecular complexity index is 193. The van der Waals surface area contributed by atoms with Gasteiger partial charge < -0.3 is 18.9 Å². The van der Waals surface area contributed by atoms with Crippen LogP contribution in [0.4, 0.5) is 0 Å². The maximum absolute atomic E-state index is 6.17. The highest BCUT2D eigenvalue weighted by Crippen LogP contribution is 2.29. The number of hydrogen-bond donors (Lipinski definition) is 0. The van der Waals surface area contributed by atoms with Crippen molar-refractivity contribution in [2.75, 3.05) is 27.2 Å². The molecule has 0 aromatic rings. The maximum Gasteiger partial charge on any atom is 0.186 e. The van der Waals surface area contributed by atoms with E-state index in [1.165, 1.54) is 0 Å². The molecule has 0 aromatic carbocycles. The summed E-state index contributed by atoms with van der Waals surface area (Å²) in [5.41, 5.74) is 0. The number of hydrogen-bond acceptors (Lipinski definition) is 4. The van der Waals surface area contributed by atoms with E-state index >= 15 is 0 Å². The predicted molar refractivity (Wildman–Crippen MR) is 57.6 cm³/mol. The van der Waals surface area contributed by atoms with E-state index in [0.717, 1.165) is 0 Å². The first-order valence-electron chi connectivity index (χ1n) is 4.63. The molecule has 6 heteroatoms. The Morgan fingerprint density at radius 1 is 1.07 bits per heavy atom. The number of alkyl halides is 2. The molecule has 0 aromatic heterocycles. The van der Waals surface area contributed by atoms with E-state index in [1.807, 2.05) is 0 Å². The lowest BCUT2D eigenvalue weighted by Gasteiger charge is -2.42. The van der Waals surface area contributed by atoms with Gasteiger partial charge in [0.2, 0.25) is 0 Å². The van der Waals surface area contributed by atoms with E-state index in [4.69, 9.17) is 42.1 Å². The van der Waals surface area contributed by atoms with Crippen molar-refractivity contribution in [2.24, 2.45) is 0 Å². The van der Waals surface area contributed by atoms with Crippen molar-refractivity contribution < 1.29 is 18.9 Å². The summed E-state index contributed by atoms with van der Waals surface area (Å²) in [6.45, 7) is 0. The van der Waals surface area contributed by atoms with Crippen LogP contribution in [0.5, 0.6) is 0 Å². The van der Waals surface area contributed by atoms with Gasteiger partial charge in [-0.05, 0) is 0 Å². The first kappa shape index (κ1) is 13.5. The van der Waals surface area contributed by atoms with Crippen molar-refractivity contribution in [3.8, 4) is 0 Å². The summed E-state index contributed by atoms with van der Waals surface area (Å²) in [7, 11) is 4.69. The Morgan fingerprint density at radius 2 is 1.67 bits per heavy atom. The Labute approximate surface area is 99.7 Å². The van der Waals surface area contributed by atoms with Crippen LogP contribution in [-0.2, 0) is 18.9 Å². The Kier molecular flexibility index (Phi) is 5.60. The highest BCUT2D eigenvalue weighted by Gasteiger charge is 2.45. The number of ether oxygens (including phenoxy) is 4. The molecule has 0 N–H and O–H groups in total. The summed E-state index contributed by atoms with van der Waals surface area (Å²) >= 11 is 11.9. The van der Waals surface area contributed by atoms with Gasteiger partial charge >= 0.3 is 0 Å². The molecule has 4 nitrogen and oxygen atoms in total. The third-order valence-electron chi connectivity index (χ3n) is 2.50. The minimum atomic E-state index is -0.501. The fraction of sp³-hybridized carbons (Fsp3) is 1.00. The van der Waals surface area contributed by atoms with E-state index in [2.05, 4.69) is 0 Å². The largest absolute Gasteiger partial charge is 0.377 e. The van der Waals surface area contributed by atoms with Gasteiger partial charge in [0, 0.05) is 21.3 Å². The molecule has 0 aliphatic carbocycles. The van der Waals surface area contributed by atoms with Crippen LogP contribution in [0.3, 0.4) is 0 Å². The first-order valence-corrected chi connectivity index (χ1v) is 5.60. The zero-order valence-electron chi connectivity index (χ0n) is 8.98. The van der Waals surface area contributed by atoms with Crippen LogP contribution in [0.1, 0.15) is 0 Å². The summed E-state index contributed by atoms with van der Waals surface area (Å²) in [6, 6.07) is 0.